The Balaban J connectivity index is 3.25. The summed E-state index contributed by atoms with van der Waals surface area (Å²) in [7, 11) is 0. The van der Waals surface area contributed by atoms with Crippen LogP contribution in [0.3, 0.4) is 0 Å². The van der Waals surface area contributed by atoms with Crippen LogP contribution in [-0.2, 0) is 4.79 Å². The molecule has 0 rings (SSSR count). The number of carbonyl (C=O) groups is 2. The van der Waals surface area contributed by atoms with Gasteiger partial charge in [0.05, 0.1) is 0 Å². The molecule has 13 heavy (non-hydrogen) atoms. The zero-order valence-electron chi connectivity index (χ0n) is 7.93. The molecule has 76 valence electrons. The zero-order chi connectivity index (χ0) is 10.1. The Morgan fingerprint density at radius 2 is 1.85 bits per heavy atom. The van der Waals surface area contributed by atoms with Crippen LogP contribution < -0.4 is 16.6 Å². The first-order valence-electron chi connectivity index (χ1n) is 4.51. The summed E-state index contributed by atoms with van der Waals surface area (Å²) >= 11 is 0. The lowest BCUT2D eigenvalue weighted by atomic mass is 10.1. The van der Waals surface area contributed by atoms with Crippen LogP contribution in [0.15, 0.2) is 0 Å². The molecule has 0 aromatic carbocycles. The highest BCUT2D eigenvalue weighted by molar-refractivity contribution is 5.80. The van der Waals surface area contributed by atoms with Crippen LogP contribution in [0, 0.1) is 0 Å². The van der Waals surface area contributed by atoms with E-state index in [9.17, 15) is 9.59 Å². The SMILES string of the molecule is CCCCCCC(=O)NNC(N)=O. The number of hydrazine groups is 1. The summed E-state index contributed by atoms with van der Waals surface area (Å²) in [5.74, 6) is -0.199. The molecule has 0 saturated heterocycles. The van der Waals surface area contributed by atoms with Gasteiger partial charge in [0.1, 0.15) is 0 Å². The van der Waals surface area contributed by atoms with E-state index in [1.54, 1.807) is 0 Å². The van der Waals surface area contributed by atoms with E-state index in [0.29, 0.717) is 6.42 Å². The number of carbonyl (C=O) groups excluding carboxylic acids is 2. The number of urea groups is 1. The van der Waals surface area contributed by atoms with Crippen molar-refractivity contribution in [2.45, 2.75) is 39.0 Å². The molecular weight excluding hydrogens is 170 g/mol. The number of primary amides is 1. The molecule has 5 nitrogen and oxygen atoms in total. The molecule has 0 saturated carbocycles. The molecule has 0 fully saturated rings. The highest BCUT2D eigenvalue weighted by Crippen LogP contribution is 2.01. The van der Waals surface area contributed by atoms with Crippen molar-refractivity contribution in [2.75, 3.05) is 0 Å². The van der Waals surface area contributed by atoms with Gasteiger partial charge in [-0.25, -0.2) is 10.2 Å². The Morgan fingerprint density at radius 3 is 2.38 bits per heavy atom. The Bertz CT molecular complexity index is 171. The molecule has 0 aliphatic rings. The first kappa shape index (κ1) is 11.7. The number of hydrogen-bond acceptors (Lipinski definition) is 2. The van der Waals surface area contributed by atoms with E-state index in [0.717, 1.165) is 25.7 Å². The fraction of sp³-hybridized carbons (Fsp3) is 0.750. The van der Waals surface area contributed by atoms with E-state index >= 15 is 0 Å². The van der Waals surface area contributed by atoms with E-state index in [-0.39, 0.29) is 5.91 Å². The van der Waals surface area contributed by atoms with Crippen molar-refractivity contribution in [2.24, 2.45) is 5.73 Å². The lowest BCUT2D eigenvalue weighted by Gasteiger charge is -2.03. The predicted octanol–water partition coefficient (Wildman–Crippen LogP) is 0.656. The minimum atomic E-state index is -0.748. The number of amides is 3. The summed E-state index contributed by atoms with van der Waals surface area (Å²) < 4.78 is 0. The molecule has 0 aromatic rings. The van der Waals surface area contributed by atoms with Crippen molar-refractivity contribution < 1.29 is 9.59 Å². The van der Waals surface area contributed by atoms with Gasteiger partial charge in [-0.1, -0.05) is 26.2 Å². The molecule has 0 aromatic heterocycles. The van der Waals surface area contributed by atoms with Crippen molar-refractivity contribution in [3.63, 3.8) is 0 Å². The maximum Gasteiger partial charge on any atom is 0.330 e. The van der Waals surface area contributed by atoms with Crippen molar-refractivity contribution in [1.82, 2.24) is 10.9 Å². The summed E-state index contributed by atoms with van der Waals surface area (Å²) in [6.07, 6.45) is 4.60. The molecule has 0 bridgehead atoms. The molecule has 0 radical (unpaired) electrons. The van der Waals surface area contributed by atoms with Crippen LogP contribution in [0.1, 0.15) is 39.0 Å². The zero-order valence-corrected chi connectivity index (χ0v) is 7.93. The monoisotopic (exact) mass is 187 g/mol. The number of unbranched alkanes of at least 4 members (excludes halogenated alkanes) is 3. The van der Waals surface area contributed by atoms with Crippen LogP contribution in [0.5, 0.6) is 0 Å². The van der Waals surface area contributed by atoms with Gasteiger partial charge in [0, 0.05) is 6.42 Å². The van der Waals surface area contributed by atoms with Gasteiger partial charge < -0.3 is 5.73 Å². The maximum atomic E-state index is 10.9. The van der Waals surface area contributed by atoms with Crippen LogP contribution in [0.4, 0.5) is 4.79 Å². The molecule has 5 heteroatoms. The van der Waals surface area contributed by atoms with Crippen LogP contribution >= 0.6 is 0 Å². The molecule has 0 spiro atoms. The molecular formula is C8H17N3O2. The lowest BCUT2D eigenvalue weighted by Crippen LogP contribution is -2.44. The van der Waals surface area contributed by atoms with Crippen molar-refractivity contribution >= 4 is 11.9 Å². The number of rotatable bonds is 5. The van der Waals surface area contributed by atoms with Crippen molar-refractivity contribution in [1.29, 1.82) is 0 Å². The average Bonchev–Trinajstić information content (AvgIpc) is 2.09. The summed E-state index contributed by atoms with van der Waals surface area (Å²) in [4.78, 5) is 21.1. The normalized spacial score (nSPS) is 9.31. The summed E-state index contributed by atoms with van der Waals surface area (Å²) in [5, 5.41) is 0. The lowest BCUT2D eigenvalue weighted by molar-refractivity contribution is -0.121. The summed E-state index contributed by atoms with van der Waals surface area (Å²) in [6, 6.07) is -0.748. The smallest absolute Gasteiger partial charge is 0.330 e. The third-order valence-corrected chi connectivity index (χ3v) is 1.58. The molecule has 0 atom stereocenters. The second-order valence-corrected chi connectivity index (χ2v) is 2.85. The Labute approximate surface area is 78.0 Å². The van der Waals surface area contributed by atoms with Crippen molar-refractivity contribution in [3.05, 3.63) is 0 Å². The van der Waals surface area contributed by atoms with E-state index in [2.05, 4.69) is 12.3 Å². The van der Waals surface area contributed by atoms with E-state index in [1.807, 2.05) is 5.43 Å². The summed E-state index contributed by atoms with van der Waals surface area (Å²) in [5.41, 5.74) is 8.97. The van der Waals surface area contributed by atoms with Gasteiger partial charge in [0.15, 0.2) is 0 Å². The second-order valence-electron chi connectivity index (χ2n) is 2.85. The van der Waals surface area contributed by atoms with Crippen LogP contribution in [0.25, 0.3) is 0 Å². The molecule has 4 N–H and O–H groups in total. The average molecular weight is 187 g/mol. The van der Waals surface area contributed by atoms with Gasteiger partial charge >= 0.3 is 6.03 Å². The highest BCUT2D eigenvalue weighted by atomic mass is 16.2. The van der Waals surface area contributed by atoms with E-state index < -0.39 is 6.03 Å². The maximum absolute atomic E-state index is 10.9. The molecule has 0 heterocycles. The molecule has 0 aliphatic carbocycles. The number of hydrogen-bond donors (Lipinski definition) is 3. The van der Waals surface area contributed by atoms with Crippen LogP contribution in [-0.4, -0.2) is 11.9 Å². The van der Waals surface area contributed by atoms with E-state index in [4.69, 9.17) is 5.73 Å². The molecule has 0 aliphatic heterocycles. The fourth-order valence-electron chi connectivity index (χ4n) is 0.906. The minimum absolute atomic E-state index is 0.199. The van der Waals surface area contributed by atoms with Gasteiger partial charge in [0.2, 0.25) is 5.91 Å². The van der Waals surface area contributed by atoms with Crippen molar-refractivity contribution in [3.8, 4) is 0 Å². The number of nitrogens with one attached hydrogen (secondary N) is 2. The Hall–Kier alpha value is -1.26. The van der Waals surface area contributed by atoms with Gasteiger partial charge in [-0.05, 0) is 6.42 Å². The Kier molecular flexibility index (Phi) is 6.68. The van der Waals surface area contributed by atoms with Gasteiger partial charge in [-0.3, -0.25) is 10.2 Å². The third-order valence-electron chi connectivity index (χ3n) is 1.58. The van der Waals surface area contributed by atoms with E-state index in [1.165, 1.54) is 0 Å². The van der Waals surface area contributed by atoms with Gasteiger partial charge in [-0.15, -0.1) is 0 Å². The predicted molar refractivity (Wildman–Crippen MR) is 49.6 cm³/mol. The topological polar surface area (TPSA) is 84.2 Å². The quantitative estimate of drug-likeness (QED) is 0.436. The Morgan fingerprint density at radius 1 is 1.15 bits per heavy atom. The number of nitrogens with two attached hydrogens (primary N) is 1. The minimum Gasteiger partial charge on any atom is -0.350 e. The first-order valence-corrected chi connectivity index (χ1v) is 4.51. The highest BCUT2D eigenvalue weighted by Gasteiger charge is 2.00. The second kappa shape index (κ2) is 7.39. The molecule has 0 unspecified atom stereocenters. The van der Waals surface area contributed by atoms with Gasteiger partial charge in [0.25, 0.3) is 0 Å². The molecule has 3 amide bonds. The third kappa shape index (κ3) is 8.65. The largest absolute Gasteiger partial charge is 0.350 e. The first-order chi connectivity index (χ1) is 6.16. The fourth-order valence-corrected chi connectivity index (χ4v) is 0.906. The standard InChI is InChI=1S/C8H17N3O2/c1-2-3-4-5-6-7(12)10-11-8(9)13/h2-6H2,1H3,(H,10,12)(H3,9,11,13). The van der Waals surface area contributed by atoms with Gasteiger partial charge in [-0.2, -0.15) is 0 Å². The van der Waals surface area contributed by atoms with Crippen LogP contribution in [0.2, 0.25) is 0 Å². The summed E-state index contributed by atoms with van der Waals surface area (Å²) in [6.45, 7) is 2.11.